The molecule has 3 N–H and O–H groups in total. The van der Waals surface area contributed by atoms with Crippen molar-refractivity contribution in [1.82, 2.24) is 25.5 Å². The Kier molecular flexibility index (Phi) is 7.16. The maximum absolute atomic E-state index is 12.9. The maximum atomic E-state index is 12.9. The number of aromatic nitrogens is 4. The molecule has 0 atom stereocenters. The number of rotatable bonds is 6. The molecule has 0 radical (unpaired) electrons. The van der Waals surface area contributed by atoms with Crippen LogP contribution >= 0.6 is 11.6 Å². The minimum absolute atomic E-state index is 0.0327. The van der Waals surface area contributed by atoms with E-state index in [1.807, 2.05) is 0 Å². The van der Waals surface area contributed by atoms with Gasteiger partial charge in [0.25, 0.3) is 0 Å². The molecule has 0 bridgehead atoms. The van der Waals surface area contributed by atoms with Gasteiger partial charge in [-0.05, 0) is 52.7 Å². The van der Waals surface area contributed by atoms with Gasteiger partial charge in [-0.25, -0.2) is 9.89 Å². The highest BCUT2D eigenvalue weighted by Gasteiger charge is 2.33. The number of anilines is 2. The van der Waals surface area contributed by atoms with Crippen LogP contribution in [0.5, 0.6) is 0 Å². The molecular formula is C20H19ClF3N7O2. The molecule has 0 saturated heterocycles. The molecule has 0 unspecified atom stereocenters. The number of urea groups is 1. The van der Waals surface area contributed by atoms with E-state index in [9.17, 15) is 22.8 Å². The summed E-state index contributed by atoms with van der Waals surface area (Å²) >= 11 is 5.69. The molecule has 174 valence electrons. The van der Waals surface area contributed by atoms with Gasteiger partial charge in [-0.3, -0.25) is 4.79 Å². The number of nitrogens with zero attached hydrogens (tertiary/aromatic N) is 4. The molecule has 1 heterocycles. The van der Waals surface area contributed by atoms with Gasteiger partial charge >= 0.3 is 12.2 Å². The molecule has 3 aromatic rings. The van der Waals surface area contributed by atoms with E-state index in [1.54, 1.807) is 32.3 Å². The number of carbonyl (C=O) groups excluding carboxylic acids is 2. The van der Waals surface area contributed by atoms with Crippen molar-refractivity contribution in [1.29, 1.82) is 0 Å². The summed E-state index contributed by atoms with van der Waals surface area (Å²) in [5.74, 6) is 0.248. The third-order valence-electron chi connectivity index (χ3n) is 4.59. The number of hydrogen-bond acceptors (Lipinski definition) is 5. The predicted molar refractivity (Wildman–Crippen MR) is 116 cm³/mol. The van der Waals surface area contributed by atoms with Crippen LogP contribution in [0.25, 0.3) is 11.4 Å². The van der Waals surface area contributed by atoms with Gasteiger partial charge in [0.05, 0.1) is 16.3 Å². The highest BCUT2D eigenvalue weighted by atomic mass is 35.5. The fourth-order valence-electron chi connectivity index (χ4n) is 2.91. The van der Waals surface area contributed by atoms with E-state index >= 15 is 0 Å². The van der Waals surface area contributed by atoms with Crippen LogP contribution in [0, 0.1) is 0 Å². The lowest BCUT2D eigenvalue weighted by molar-refractivity contribution is -0.137. The normalized spacial score (nSPS) is 11.2. The first-order chi connectivity index (χ1) is 15.5. The number of amides is 3. The third kappa shape index (κ3) is 6.19. The average Bonchev–Trinajstić information content (AvgIpc) is 3.26. The zero-order chi connectivity index (χ0) is 24.2. The van der Waals surface area contributed by atoms with E-state index in [-0.39, 0.29) is 17.4 Å². The van der Waals surface area contributed by atoms with E-state index in [4.69, 9.17) is 11.6 Å². The van der Waals surface area contributed by atoms with Crippen LogP contribution in [-0.4, -0.2) is 51.6 Å². The van der Waals surface area contributed by atoms with Crippen LogP contribution in [0.4, 0.5) is 29.3 Å². The van der Waals surface area contributed by atoms with Gasteiger partial charge in [-0.1, -0.05) is 17.7 Å². The molecule has 2 aromatic carbocycles. The molecule has 3 amide bonds. The Morgan fingerprint density at radius 2 is 1.88 bits per heavy atom. The summed E-state index contributed by atoms with van der Waals surface area (Å²) in [5, 5.41) is 18.1. The number of hydrogen-bond donors (Lipinski definition) is 3. The lowest BCUT2D eigenvalue weighted by Crippen LogP contribution is -2.22. The molecule has 0 saturated carbocycles. The number of halogens is 4. The largest absolute Gasteiger partial charge is 0.417 e. The van der Waals surface area contributed by atoms with Crippen LogP contribution in [-0.2, 0) is 17.4 Å². The molecule has 1 aromatic heterocycles. The summed E-state index contributed by atoms with van der Waals surface area (Å²) in [4.78, 5) is 25.8. The maximum Gasteiger partial charge on any atom is 0.417 e. The second-order valence-corrected chi connectivity index (χ2v) is 7.60. The predicted octanol–water partition coefficient (Wildman–Crippen LogP) is 4.20. The number of carbonyl (C=O) groups is 2. The first kappa shape index (κ1) is 24.0. The van der Waals surface area contributed by atoms with Crippen LogP contribution in [0.2, 0.25) is 5.02 Å². The van der Waals surface area contributed by atoms with Gasteiger partial charge in [-0.2, -0.15) is 13.2 Å². The monoisotopic (exact) mass is 481 g/mol. The number of alkyl halides is 3. The lowest BCUT2D eigenvalue weighted by atomic mass is 10.0. The fraction of sp³-hybridized carbons (Fsp3) is 0.250. The number of nitrogens with one attached hydrogen (secondary N) is 3. The highest BCUT2D eigenvalue weighted by molar-refractivity contribution is 6.31. The minimum Gasteiger partial charge on any atom is -0.349 e. The molecule has 0 aliphatic heterocycles. The van der Waals surface area contributed by atoms with Crippen LogP contribution in [0.3, 0.4) is 0 Å². The zero-order valence-electron chi connectivity index (χ0n) is 17.5. The van der Waals surface area contributed by atoms with Gasteiger partial charge in [0.15, 0.2) is 5.82 Å². The summed E-state index contributed by atoms with van der Waals surface area (Å²) in [6.07, 6.45) is -3.85. The molecule has 33 heavy (non-hydrogen) atoms. The van der Waals surface area contributed by atoms with Crippen molar-refractivity contribution in [2.75, 3.05) is 24.7 Å². The molecule has 0 aliphatic carbocycles. The van der Waals surface area contributed by atoms with Crippen LogP contribution in [0.15, 0.2) is 36.4 Å². The summed E-state index contributed by atoms with van der Waals surface area (Å²) < 4.78 is 38.6. The number of H-pyrrole nitrogens is 1. The average molecular weight is 482 g/mol. The molecule has 0 aliphatic rings. The van der Waals surface area contributed by atoms with E-state index in [0.29, 0.717) is 24.1 Å². The Hall–Kier alpha value is -3.67. The Morgan fingerprint density at radius 3 is 2.48 bits per heavy atom. The quantitative estimate of drug-likeness (QED) is 0.488. The van der Waals surface area contributed by atoms with Gasteiger partial charge in [0.2, 0.25) is 5.91 Å². The Balaban J connectivity index is 1.77. The molecule has 3 rings (SSSR count). The summed E-state index contributed by atoms with van der Waals surface area (Å²) in [6.45, 7) is 0. The topological polar surface area (TPSA) is 116 Å². The molecular weight excluding hydrogens is 463 g/mol. The first-order valence-electron chi connectivity index (χ1n) is 9.56. The van der Waals surface area contributed by atoms with Crippen LogP contribution in [0.1, 0.15) is 17.5 Å². The Labute approximate surface area is 191 Å². The summed E-state index contributed by atoms with van der Waals surface area (Å²) in [5.41, 5.74) is 0.699. The smallest absolute Gasteiger partial charge is 0.349 e. The van der Waals surface area contributed by atoms with Crippen molar-refractivity contribution in [3.63, 3.8) is 0 Å². The van der Waals surface area contributed by atoms with Crippen molar-refractivity contribution < 1.29 is 22.8 Å². The van der Waals surface area contributed by atoms with Gasteiger partial charge in [0, 0.05) is 31.8 Å². The van der Waals surface area contributed by atoms with Crippen LogP contribution < -0.4 is 10.6 Å². The number of aromatic amines is 1. The van der Waals surface area contributed by atoms with E-state index in [0.717, 1.165) is 23.8 Å². The number of tetrazole rings is 1. The van der Waals surface area contributed by atoms with Crippen molar-refractivity contribution in [2.24, 2.45) is 0 Å². The second-order valence-electron chi connectivity index (χ2n) is 7.19. The standard InChI is InChI=1S/C20H19ClF3N7O2/c1-31(2)17(32)8-4-11-3-7-16(13(9-11)18-27-29-30-28-18)26-19(33)25-12-5-6-14(15(21)10-12)20(22,23)24/h3,5-7,9-10H,4,8H2,1-2H3,(H2,25,26,33)(H,27,28,29,30). The fourth-order valence-corrected chi connectivity index (χ4v) is 3.20. The first-order valence-corrected chi connectivity index (χ1v) is 9.94. The molecule has 9 nitrogen and oxygen atoms in total. The lowest BCUT2D eigenvalue weighted by Gasteiger charge is -2.14. The van der Waals surface area contributed by atoms with Crippen molar-refractivity contribution >= 4 is 34.9 Å². The summed E-state index contributed by atoms with van der Waals surface area (Å²) in [7, 11) is 3.34. The number of aryl methyl sites for hydroxylation is 1. The Bertz CT molecular complexity index is 1150. The minimum atomic E-state index is -4.60. The highest BCUT2D eigenvalue weighted by Crippen LogP contribution is 2.36. The molecule has 0 spiro atoms. The van der Waals surface area contributed by atoms with Gasteiger partial charge in [-0.15, -0.1) is 5.10 Å². The van der Waals surface area contributed by atoms with E-state index < -0.39 is 22.8 Å². The SMILES string of the molecule is CN(C)C(=O)CCc1ccc(NC(=O)Nc2ccc(C(F)(F)F)c(Cl)c2)c(-c2nnn[nH]2)c1. The third-order valence-corrected chi connectivity index (χ3v) is 4.90. The second kappa shape index (κ2) is 9.86. The summed E-state index contributed by atoms with van der Waals surface area (Å²) in [6, 6.07) is 7.27. The zero-order valence-corrected chi connectivity index (χ0v) is 18.3. The molecule has 0 fully saturated rings. The van der Waals surface area contributed by atoms with Crippen molar-refractivity contribution in [3.8, 4) is 11.4 Å². The van der Waals surface area contributed by atoms with Crippen molar-refractivity contribution in [3.05, 3.63) is 52.5 Å². The van der Waals surface area contributed by atoms with Crippen molar-refractivity contribution in [2.45, 2.75) is 19.0 Å². The van der Waals surface area contributed by atoms with Gasteiger partial charge in [0.1, 0.15) is 0 Å². The number of benzene rings is 2. The molecule has 13 heteroatoms. The Morgan fingerprint density at radius 1 is 1.12 bits per heavy atom. The van der Waals surface area contributed by atoms with E-state index in [1.165, 1.54) is 4.90 Å². The van der Waals surface area contributed by atoms with E-state index in [2.05, 4.69) is 31.3 Å². The van der Waals surface area contributed by atoms with Gasteiger partial charge < -0.3 is 15.5 Å².